The van der Waals surface area contributed by atoms with Gasteiger partial charge in [-0.2, -0.15) is 0 Å². The number of ether oxygens (including phenoxy) is 1. The molecule has 28 heavy (non-hydrogen) atoms. The summed E-state index contributed by atoms with van der Waals surface area (Å²) >= 11 is 0. The van der Waals surface area contributed by atoms with E-state index in [1.807, 2.05) is 36.4 Å². The molecule has 0 aliphatic heterocycles. The van der Waals surface area contributed by atoms with Gasteiger partial charge in [0.1, 0.15) is 0 Å². The lowest BCUT2D eigenvalue weighted by atomic mass is 10.0. The van der Waals surface area contributed by atoms with Gasteiger partial charge in [-0.1, -0.05) is 54.6 Å². The number of carbonyl (C=O) groups excluding carboxylic acids is 1. The number of nitrogens with zero attached hydrogens (tertiary/aromatic N) is 1. The predicted molar refractivity (Wildman–Crippen MR) is 106 cm³/mol. The molecule has 0 atom stereocenters. The molecule has 0 saturated heterocycles. The number of rotatable bonds is 4. The van der Waals surface area contributed by atoms with Crippen LogP contribution in [-0.2, 0) is 11.2 Å². The van der Waals surface area contributed by atoms with Crippen molar-refractivity contribution in [3.8, 4) is 22.6 Å². The van der Waals surface area contributed by atoms with Gasteiger partial charge in [0.15, 0.2) is 11.5 Å². The smallest absolute Gasteiger partial charge is 0.410 e. The molecule has 0 saturated carbocycles. The van der Waals surface area contributed by atoms with Gasteiger partial charge in [0, 0.05) is 6.54 Å². The summed E-state index contributed by atoms with van der Waals surface area (Å²) in [4.78, 5) is 14.4. The summed E-state index contributed by atoms with van der Waals surface area (Å²) in [6.45, 7) is 0.407. The lowest BCUT2D eigenvalue weighted by Gasteiger charge is -2.29. The Morgan fingerprint density at radius 2 is 1.54 bits per heavy atom. The van der Waals surface area contributed by atoms with Crippen molar-refractivity contribution in [2.24, 2.45) is 0 Å². The van der Waals surface area contributed by atoms with Crippen molar-refractivity contribution in [1.29, 1.82) is 0 Å². The van der Waals surface area contributed by atoms with Crippen LogP contribution in [0.2, 0.25) is 0 Å². The Balaban J connectivity index is 1.70. The highest BCUT2D eigenvalue weighted by Gasteiger charge is 2.35. The Labute approximate surface area is 163 Å². The quantitative estimate of drug-likeness (QED) is 0.660. The maximum atomic E-state index is 12.7. The molecule has 3 aromatic carbocycles. The predicted octanol–water partition coefficient (Wildman–Crippen LogP) is 4.48. The highest BCUT2D eigenvalue weighted by Crippen LogP contribution is 2.46. The molecule has 1 aliphatic rings. The van der Waals surface area contributed by atoms with Crippen molar-refractivity contribution in [3.63, 3.8) is 0 Å². The molecule has 0 fully saturated rings. The van der Waals surface area contributed by atoms with E-state index in [1.165, 1.54) is 19.2 Å². The SMILES string of the molecule is COC(=O)N(CCc1ccc(O)c(O)c1)C1c2ccccc2-c2ccccc21. The first-order valence-electron chi connectivity index (χ1n) is 9.14. The van der Waals surface area contributed by atoms with Crippen molar-refractivity contribution in [3.05, 3.63) is 83.4 Å². The molecule has 3 aromatic rings. The van der Waals surface area contributed by atoms with Gasteiger partial charge in [0.25, 0.3) is 0 Å². The van der Waals surface area contributed by atoms with Gasteiger partial charge in [0.05, 0.1) is 13.2 Å². The third kappa shape index (κ3) is 3.05. The monoisotopic (exact) mass is 375 g/mol. The third-order valence-corrected chi connectivity index (χ3v) is 5.20. The molecular weight excluding hydrogens is 354 g/mol. The average molecular weight is 375 g/mol. The van der Waals surface area contributed by atoms with E-state index in [0.29, 0.717) is 13.0 Å². The van der Waals surface area contributed by atoms with Gasteiger partial charge in [-0.15, -0.1) is 0 Å². The molecule has 0 radical (unpaired) electrons. The fourth-order valence-corrected chi connectivity index (χ4v) is 3.88. The molecule has 0 unspecified atom stereocenters. The van der Waals surface area contributed by atoms with Gasteiger partial charge in [-0.25, -0.2) is 4.79 Å². The molecule has 2 N–H and O–H groups in total. The second-order valence-electron chi connectivity index (χ2n) is 6.81. The Bertz CT molecular complexity index is 985. The largest absolute Gasteiger partial charge is 0.504 e. The molecule has 0 spiro atoms. The minimum atomic E-state index is -0.403. The summed E-state index contributed by atoms with van der Waals surface area (Å²) in [5.74, 6) is -0.328. The van der Waals surface area contributed by atoms with Crippen LogP contribution in [0, 0.1) is 0 Å². The maximum Gasteiger partial charge on any atom is 0.410 e. The fraction of sp³-hybridized carbons (Fsp3) is 0.174. The van der Waals surface area contributed by atoms with Crippen molar-refractivity contribution in [2.45, 2.75) is 12.5 Å². The molecule has 4 rings (SSSR count). The standard InChI is InChI=1S/C23H21NO4/c1-28-23(27)24(13-12-15-10-11-20(25)21(26)14-15)22-18-8-4-2-6-16(18)17-7-3-5-9-19(17)22/h2-11,14,22,25-26H,12-13H2,1H3. The summed E-state index contributed by atoms with van der Waals surface area (Å²) < 4.78 is 5.08. The fourth-order valence-electron chi connectivity index (χ4n) is 3.88. The zero-order chi connectivity index (χ0) is 19.7. The van der Waals surface area contributed by atoms with Crippen LogP contribution in [0.5, 0.6) is 11.5 Å². The number of fused-ring (bicyclic) bond motifs is 3. The normalized spacial score (nSPS) is 12.3. The van der Waals surface area contributed by atoms with E-state index in [9.17, 15) is 15.0 Å². The van der Waals surface area contributed by atoms with Gasteiger partial charge in [-0.05, 0) is 46.4 Å². The second kappa shape index (κ2) is 7.27. The summed E-state index contributed by atoms with van der Waals surface area (Å²) in [5.41, 5.74) is 5.22. The van der Waals surface area contributed by atoms with Crippen molar-refractivity contribution in [2.75, 3.05) is 13.7 Å². The maximum absolute atomic E-state index is 12.7. The van der Waals surface area contributed by atoms with Crippen LogP contribution < -0.4 is 0 Å². The summed E-state index contributed by atoms with van der Waals surface area (Å²) in [6, 6.07) is 20.7. The van der Waals surface area contributed by atoms with E-state index < -0.39 is 6.09 Å². The van der Waals surface area contributed by atoms with Crippen LogP contribution in [-0.4, -0.2) is 34.9 Å². The molecule has 1 aliphatic carbocycles. The van der Waals surface area contributed by atoms with E-state index in [0.717, 1.165) is 27.8 Å². The van der Waals surface area contributed by atoms with Crippen LogP contribution in [0.4, 0.5) is 4.79 Å². The van der Waals surface area contributed by atoms with E-state index in [4.69, 9.17) is 4.74 Å². The first-order valence-corrected chi connectivity index (χ1v) is 9.14. The third-order valence-electron chi connectivity index (χ3n) is 5.20. The molecule has 5 heteroatoms. The van der Waals surface area contributed by atoms with Gasteiger partial charge in [0.2, 0.25) is 0 Å². The summed E-state index contributed by atoms with van der Waals surface area (Å²) in [6.07, 6.45) is 0.114. The van der Waals surface area contributed by atoms with E-state index >= 15 is 0 Å². The Hall–Kier alpha value is -3.47. The Morgan fingerprint density at radius 3 is 2.11 bits per heavy atom. The number of carbonyl (C=O) groups is 1. The minimum Gasteiger partial charge on any atom is -0.504 e. The highest BCUT2D eigenvalue weighted by molar-refractivity contribution is 5.81. The lowest BCUT2D eigenvalue weighted by molar-refractivity contribution is 0.113. The first kappa shape index (κ1) is 17.9. The number of phenols is 2. The topological polar surface area (TPSA) is 70.0 Å². The van der Waals surface area contributed by atoms with E-state index in [2.05, 4.69) is 12.1 Å². The van der Waals surface area contributed by atoms with E-state index in [1.54, 1.807) is 11.0 Å². The van der Waals surface area contributed by atoms with Crippen molar-refractivity contribution in [1.82, 2.24) is 4.90 Å². The molecule has 1 amide bonds. The van der Waals surface area contributed by atoms with Crippen LogP contribution in [0.1, 0.15) is 22.7 Å². The van der Waals surface area contributed by atoms with Crippen molar-refractivity contribution >= 4 is 6.09 Å². The summed E-state index contributed by atoms with van der Waals surface area (Å²) in [7, 11) is 1.38. The Morgan fingerprint density at radius 1 is 0.929 bits per heavy atom. The molecule has 0 heterocycles. The zero-order valence-electron chi connectivity index (χ0n) is 15.5. The first-order chi connectivity index (χ1) is 13.6. The number of hydrogen-bond donors (Lipinski definition) is 2. The Kier molecular flexibility index (Phi) is 4.65. The number of aromatic hydroxyl groups is 2. The zero-order valence-corrected chi connectivity index (χ0v) is 15.5. The molecule has 142 valence electrons. The van der Waals surface area contributed by atoms with Gasteiger partial charge < -0.3 is 14.9 Å². The van der Waals surface area contributed by atoms with E-state index in [-0.39, 0.29) is 17.5 Å². The summed E-state index contributed by atoms with van der Waals surface area (Å²) in [5, 5.41) is 19.2. The number of benzene rings is 3. The minimum absolute atomic E-state index is 0.160. The van der Waals surface area contributed by atoms with Gasteiger partial charge >= 0.3 is 6.09 Å². The molecule has 0 aromatic heterocycles. The molecule has 5 nitrogen and oxygen atoms in total. The number of phenolic OH excluding ortho intramolecular Hbond substituents is 2. The van der Waals surface area contributed by atoms with Gasteiger partial charge in [-0.3, -0.25) is 4.90 Å². The second-order valence-corrected chi connectivity index (χ2v) is 6.81. The lowest BCUT2D eigenvalue weighted by Crippen LogP contribution is -2.36. The molecular formula is C23H21NO4. The van der Waals surface area contributed by atoms with Crippen molar-refractivity contribution < 1.29 is 19.7 Å². The number of methoxy groups -OCH3 is 1. The van der Waals surface area contributed by atoms with Crippen LogP contribution in [0.25, 0.3) is 11.1 Å². The number of hydrogen-bond acceptors (Lipinski definition) is 4. The molecule has 0 bridgehead atoms. The van der Waals surface area contributed by atoms with Crippen LogP contribution in [0.15, 0.2) is 66.7 Å². The number of amides is 1. The average Bonchev–Trinajstić information content (AvgIpc) is 3.05. The van der Waals surface area contributed by atoms with Crippen LogP contribution >= 0.6 is 0 Å². The highest BCUT2D eigenvalue weighted by atomic mass is 16.5. The van der Waals surface area contributed by atoms with Crippen LogP contribution in [0.3, 0.4) is 0 Å².